The van der Waals surface area contributed by atoms with Crippen LogP contribution >= 0.6 is 0 Å². The SMILES string of the molecule is O=C(O)c1ccccc1C(=O)O.[Tl]. The molecular formula is C8H6O4Tl. The van der Waals surface area contributed by atoms with Crippen LogP contribution in [0.3, 0.4) is 0 Å². The Balaban J connectivity index is 0.00000144. The Morgan fingerprint density at radius 3 is 1.46 bits per heavy atom. The first-order valence-electron chi connectivity index (χ1n) is 3.18. The molecule has 1 aromatic rings. The van der Waals surface area contributed by atoms with Gasteiger partial charge in [0.15, 0.2) is 0 Å². The van der Waals surface area contributed by atoms with Gasteiger partial charge in [0, 0.05) is 27.3 Å². The van der Waals surface area contributed by atoms with E-state index in [1.165, 1.54) is 24.3 Å². The summed E-state index contributed by atoms with van der Waals surface area (Å²) >= 11 is 0. The van der Waals surface area contributed by atoms with E-state index in [9.17, 15) is 9.59 Å². The maximum atomic E-state index is 10.5. The molecule has 0 aromatic heterocycles. The van der Waals surface area contributed by atoms with Gasteiger partial charge < -0.3 is 10.2 Å². The topological polar surface area (TPSA) is 74.6 Å². The van der Waals surface area contributed by atoms with Gasteiger partial charge in [-0.05, 0) is 12.1 Å². The number of carbonyl (C=O) groups is 2. The molecule has 5 heteroatoms. The van der Waals surface area contributed by atoms with Gasteiger partial charge in [-0.1, -0.05) is 12.1 Å². The van der Waals surface area contributed by atoms with E-state index in [1.807, 2.05) is 0 Å². The summed E-state index contributed by atoms with van der Waals surface area (Å²) in [6.07, 6.45) is 0. The fraction of sp³-hybridized carbons (Fsp3) is 0. The van der Waals surface area contributed by atoms with Crippen molar-refractivity contribution in [3.05, 3.63) is 35.4 Å². The third-order valence-electron chi connectivity index (χ3n) is 1.39. The fourth-order valence-electron chi connectivity index (χ4n) is 0.856. The van der Waals surface area contributed by atoms with Crippen LogP contribution in [0.5, 0.6) is 0 Å². The minimum atomic E-state index is -1.23. The van der Waals surface area contributed by atoms with Crippen LogP contribution < -0.4 is 0 Å². The van der Waals surface area contributed by atoms with E-state index in [-0.39, 0.29) is 38.4 Å². The molecule has 0 aliphatic rings. The van der Waals surface area contributed by atoms with Crippen molar-refractivity contribution < 1.29 is 19.8 Å². The predicted molar refractivity (Wildman–Crippen MR) is 46.1 cm³/mol. The summed E-state index contributed by atoms with van der Waals surface area (Å²) in [5.74, 6) is -2.46. The molecule has 0 saturated heterocycles. The number of benzene rings is 1. The Morgan fingerprint density at radius 1 is 0.923 bits per heavy atom. The maximum absolute atomic E-state index is 10.5. The van der Waals surface area contributed by atoms with Crippen LogP contribution in [0.1, 0.15) is 20.7 Å². The van der Waals surface area contributed by atoms with Crippen molar-refractivity contribution >= 4 is 39.2 Å². The molecule has 0 heterocycles. The summed E-state index contributed by atoms with van der Waals surface area (Å²) in [6, 6.07) is 5.48. The summed E-state index contributed by atoms with van der Waals surface area (Å²) in [5, 5.41) is 17.1. The van der Waals surface area contributed by atoms with Crippen molar-refractivity contribution in [1.82, 2.24) is 0 Å². The summed E-state index contributed by atoms with van der Waals surface area (Å²) < 4.78 is 0. The van der Waals surface area contributed by atoms with E-state index in [1.54, 1.807) is 0 Å². The van der Waals surface area contributed by atoms with Gasteiger partial charge in [-0.25, -0.2) is 9.59 Å². The first kappa shape index (κ1) is 12.1. The summed E-state index contributed by atoms with van der Waals surface area (Å²) in [6.45, 7) is 0. The number of carboxylic acids is 2. The van der Waals surface area contributed by atoms with Crippen LogP contribution in [0.25, 0.3) is 0 Å². The zero-order chi connectivity index (χ0) is 9.14. The Kier molecular flexibility index (Phi) is 4.60. The molecule has 1 aromatic carbocycles. The van der Waals surface area contributed by atoms with Crippen LogP contribution in [0.2, 0.25) is 0 Å². The van der Waals surface area contributed by atoms with E-state index < -0.39 is 11.9 Å². The third-order valence-corrected chi connectivity index (χ3v) is 1.39. The smallest absolute Gasteiger partial charge is 0.336 e. The van der Waals surface area contributed by atoms with Crippen molar-refractivity contribution in [2.75, 3.05) is 0 Å². The zero-order valence-corrected chi connectivity index (χ0v) is 11.1. The summed E-state index contributed by atoms with van der Waals surface area (Å²) in [7, 11) is 0. The zero-order valence-electron chi connectivity index (χ0n) is 6.60. The standard InChI is InChI=1S/C8H6O4.Tl/c9-7(10)5-3-1-2-4-6(5)8(11)12;/h1-4H,(H,9,10)(H,11,12);. The number of carboxylic acid groups (broad SMARTS) is 2. The first-order valence-corrected chi connectivity index (χ1v) is 3.18. The number of rotatable bonds is 2. The van der Waals surface area contributed by atoms with Crippen LogP contribution in [0, 0.1) is 0 Å². The van der Waals surface area contributed by atoms with Gasteiger partial charge in [0.05, 0.1) is 11.1 Å². The van der Waals surface area contributed by atoms with Gasteiger partial charge in [-0.2, -0.15) is 0 Å². The van der Waals surface area contributed by atoms with E-state index >= 15 is 0 Å². The van der Waals surface area contributed by atoms with Crippen molar-refractivity contribution in [3.8, 4) is 0 Å². The number of hydrogen-bond donors (Lipinski definition) is 2. The van der Waals surface area contributed by atoms with Gasteiger partial charge in [0.1, 0.15) is 0 Å². The first-order chi connectivity index (χ1) is 5.63. The summed E-state index contributed by atoms with van der Waals surface area (Å²) in [5.41, 5.74) is -0.380. The van der Waals surface area contributed by atoms with Gasteiger partial charge in [0.2, 0.25) is 0 Å². The second-order valence-electron chi connectivity index (χ2n) is 2.16. The molecule has 0 aliphatic heterocycles. The van der Waals surface area contributed by atoms with Crippen LogP contribution in [0.15, 0.2) is 24.3 Å². The molecule has 0 aliphatic carbocycles. The van der Waals surface area contributed by atoms with Crippen molar-refractivity contribution in [3.63, 3.8) is 0 Å². The fourth-order valence-corrected chi connectivity index (χ4v) is 0.856. The van der Waals surface area contributed by atoms with Crippen LogP contribution in [-0.4, -0.2) is 49.5 Å². The molecule has 1 rings (SSSR count). The molecule has 4 nitrogen and oxygen atoms in total. The van der Waals surface area contributed by atoms with E-state index in [4.69, 9.17) is 10.2 Å². The van der Waals surface area contributed by atoms with E-state index in [2.05, 4.69) is 0 Å². The van der Waals surface area contributed by atoms with Gasteiger partial charge >= 0.3 is 11.9 Å². The molecule has 0 spiro atoms. The Hall–Kier alpha value is -0.918. The monoisotopic (exact) mass is 371 g/mol. The van der Waals surface area contributed by atoms with Crippen molar-refractivity contribution in [1.29, 1.82) is 0 Å². The molecule has 13 heavy (non-hydrogen) atoms. The third kappa shape index (κ3) is 2.80. The number of hydrogen-bond acceptors (Lipinski definition) is 2. The average molecular weight is 371 g/mol. The van der Waals surface area contributed by atoms with Crippen molar-refractivity contribution in [2.45, 2.75) is 0 Å². The quantitative estimate of drug-likeness (QED) is 0.752. The van der Waals surface area contributed by atoms with Gasteiger partial charge in [-0.15, -0.1) is 0 Å². The molecule has 0 atom stereocenters. The predicted octanol–water partition coefficient (Wildman–Crippen LogP) is 0.702. The molecule has 0 amide bonds. The van der Waals surface area contributed by atoms with Crippen LogP contribution in [0.4, 0.5) is 0 Å². The molecule has 65 valence electrons. The minimum absolute atomic E-state index is 0. The minimum Gasteiger partial charge on any atom is -0.478 e. The molecule has 0 bridgehead atoms. The van der Waals surface area contributed by atoms with Crippen LogP contribution in [-0.2, 0) is 0 Å². The van der Waals surface area contributed by atoms with Gasteiger partial charge in [-0.3, -0.25) is 0 Å². The van der Waals surface area contributed by atoms with E-state index in [0.717, 1.165) is 0 Å². The Labute approximate surface area is 94.4 Å². The maximum Gasteiger partial charge on any atom is 0.336 e. The largest absolute Gasteiger partial charge is 0.478 e. The molecule has 0 fully saturated rings. The molecule has 0 saturated carbocycles. The molecule has 0 unspecified atom stereocenters. The van der Waals surface area contributed by atoms with E-state index in [0.29, 0.717) is 0 Å². The Morgan fingerprint density at radius 2 is 1.23 bits per heavy atom. The second-order valence-corrected chi connectivity index (χ2v) is 2.16. The second kappa shape index (κ2) is 4.95. The normalized spacial score (nSPS) is 8.62. The molecular weight excluding hydrogens is 364 g/mol. The number of aromatic carboxylic acids is 2. The summed E-state index contributed by atoms with van der Waals surface area (Å²) in [4.78, 5) is 20.9. The van der Waals surface area contributed by atoms with Crippen molar-refractivity contribution in [2.24, 2.45) is 0 Å². The van der Waals surface area contributed by atoms with Gasteiger partial charge in [0.25, 0.3) is 0 Å². The average Bonchev–Trinajstić information content (AvgIpc) is 2.04. The molecule has 1 radical (unpaired) electrons. The molecule has 2 N–H and O–H groups in total. The Bertz CT molecular complexity index is 302.